The molecule has 0 fully saturated rings. The number of aromatic nitrogens is 3. The second kappa shape index (κ2) is 5.26. The Labute approximate surface area is 110 Å². The van der Waals surface area contributed by atoms with Crippen LogP contribution in [0.25, 0.3) is 11.3 Å². The van der Waals surface area contributed by atoms with Gasteiger partial charge in [-0.05, 0) is 25.1 Å². The number of H-pyrrole nitrogens is 1. The normalized spacial score (nSPS) is 10.4. The number of nitrogens with one attached hydrogen (secondary N) is 1. The highest BCUT2D eigenvalue weighted by Crippen LogP contribution is 2.25. The monoisotopic (exact) mass is 313 g/mol. The Balaban J connectivity index is 2.45. The molecule has 1 N–H and O–H groups in total. The van der Waals surface area contributed by atoms with E-state index in [1.165, 1.54) is 12.1 Å². The third-order valence-corrected chi connectivity index (χ3v) is 2.70. The number of aromatic amines is 1. The summed E-state index contributed by atoms with van der Waals surface area (Å²) in [6.07, 6.45) is 0. The molecule has 18 heavy (non-hydrogen) atoms. The van der Waals surface area contributed by atoms with Crippen LogP contribution in [0, 0.1) is 5.82 Å². The molecule has 0 aliphatic rings. The molecule has 2 aromatic rings. The van der Waals surface area contributed by atoms with Gasteiger partial charge in [-0.3, -0.25) is 0 Å². The molecule has 0 unspecified atom stereocenters. The number of hydrogen-bond acceptors (Lipinski definition) is 4. The lowest BCUT2D eigenvalue weighted by Gasteiger charge is -2.02. The Morgan fingerprint density at radius 3 is 2.94 bits per heavy atom. The lowest BCUT2D eigenvalue weighted by Crippen LogP contribution is -2.07. The molecule has 7 heteroatoms. The van der Waals surface area contributed by atoms with E-state index in [2.05, 4.69) is 31.3 Å². The number of hydrogen-bond donors (Lipinski definition) is 1. The van der Waals surface area contributed by atoms with E-state index in [0.717, 1.165) is 0 Å². The summed E-state index contributed by atoms with van der Waals surface area (Å²) in [5.74, 6) is -1.13. The van der Waals surface area contributed by atoms with Crippen LogP contribution in [0.5, 0.6) is 0 Å². The zero-order valence-corrected chi connectivity index (χ0v) is 11.0. The molecule has 0 amide bonds. The van der Waals surface area contributed by atoms with E-state index < -0.39 is 11.8 Å². The molecule has 0 radical (unpaired) electrons. The van der Waals surface area contributed by atoms with Gasteiger partial charge in [-0.2, -0.15) is 10.3 Å². The van der Waals surface area contributed by atoms with Crippen molar-refractivity contribution in [2.24, 2.45) is 0 Å². The number of nitrogens with zero attached hydrogens (tertiary/aromatic N) is 2. The van der Waals surface area contributed by atoms with Gasteiger partial charge >= 0.3 is 5.97 Å². The first-order valence-electron chi connectivity index (χ1n) is 5.16. The van der Waals surface area contributed by atoms with E-state index in [9.17, 15) is 9.18 Å². The summed E-state index contributed by atoms with van der Waals surface area (Å²) in [6, 6.07) is 4.46. The highest BCUT2D eigenvalue weighted by Gasteiger charge is 2.21. The third kappa shape index (κ3) is 2.40. The van der Waals surface area contributed by atoms with E-state index in [0.29, 0.717) is 4.47 Å². The Bertz CT molecular complexity index is 585. The predicted molar refractivity (Wildman–Crippen MR) is 65.4 cm³/mol. The van der Waals surface area contributed by atoms with E-state index >= 15 is 0 Å². The Morgan fingerprint density at radius 2 is 2.28 bits per heavy atom. The number of halogens is 2. The average Bonchev–Trinajstić information content (AvgIpc) is 2.78. The first-order chi connectivity index (χ1) is 8.63. The summed E-state index contributed by atoms with van der Waals surface area (Å²) < 4.78 is 19.2. The summed E-state index contributed by atoms with van der Waals surface area (Å²) in [6.45, 7) is 1.89. The van der Waals surface area contributed by atoms with Gasteiger partial charge in [-0.15, -0.1) is 5.10 Å². The first kappa shape index (κ1) is 12.7. The van der Waals surface area contributed by atoms with Gasteiger partial charge in [0.2, 0.25) is 0 Å². The van der Waals surface area contributed by atoms with Crippen LogP contribution >= 0.6 is 15.9 Å². The Hall–Kier alpha value is -1.76. The molecular weight excluding hydrogens is 305 g/mol. The van der Waals surface area contributed by atoms with Gasteiger partial charge in [0, 0.05) is 10.0 Å². The standard InChI is InChI=1S/C11H9BrFN3O2/c1-2-18-11(17)10-9(14-16-15-10)7-4-3-6(12)5-8(7)13/h3-5H,2H2,1H3,(H,14,15,16). The summed E-state index contributed by atoms with van der Waals surface area (Å²) in [7, 11) is 0. The molecule has 0 saturated carbocycles. The average molecular weight is 314 g/mol. The quantitative estimate of drug-likeness (QED) is 0.884. The highest BCUT2D eigenvalue weighted by atomic mass is 79.9. The number of ether oxygens (including phenoxy) is 1. The molecule has 0 saturated heterocycles. The van der Waals surface area contributed by atoms with E-state index in [-0.39, 0.29) is 23.6 Å². The molecule has 0 aliphatic heterocycles. The minimum Gasteiger partial charge on any atom is -0.461 e. The maximum atomic E-state index is 13.8. The van der Waals surface area contributed by atoms with Crippen molar-refractivity contribution in [2.45, 2.75) is 6.92 Å². The van der Waals surface area contributed by atoms with Gasteiger partial charge in [-0.25, -0.2) is 9.18 Å². The second-order valence-corrected chi connectivity index (χ2v) is 4.28. The van der Waals surface area contributed by atoms with Gasteiger partial charge in [-0.1, -0.05) is 15.9 Å². The van der Waals surface area contributed by atoms with Crippen LogP contribution in [0.2, 0.25) is 0 Å². The lowest BCUT2D eigenvalue weighted by atomic mass is 10.1. The van der Waals surface area contributed by atoms with Gasteiger partial charge in [0.25, 0.3) is 0 Å². The SMILES string of the molecule is CCOC(=O)c1n[nH]nc1-c1ccc(Br)cc1F. The number of esters is 1. The van der Waals surface area contributed by atoms with Gasteiger partial charge in [0.15, 0.2) is 5.69 Å². The summed E-state index contributed by atoms with van der Waals surface area (Å²) >= 11 is 3.16. The predicted octanol–water partition coefficient (Wildman–Crippen LogP) is 2.55. The highest BCUT2D eigenvalue weighted by molar-refractivity contribution is 9.10. The lowest BCUT2D eigenvalue weighted by molar-refractivity contribution is 0.0520. The molecule has 1 aromatic heterocycles. The number of carbonyl (C=O) groups excluding carboxylic acids is 1. The van der Waals surface area contributed by atoms with Crippen LogP contribution in [-0.2, 0) is 4.74 Å². The van der Waals surface area contributed by atoms with Crippen molar-refractivity contribution in [1.29, 1.82) is 0 Å². The number of carbonyl (C=O) groups is 1. The fraction of sp³-hybridized carbons (Fsp3) is 0.182. The van der Waals surface area contributed by atoms with Crippen LogP contribution in [-0.4, -0.2) is 28.0 Å². The van der Waals surface area contributed by atoms with Gasteiger partial charge in [0.05, 0.1) is 6.61 Å². The zero-order chi connectivity index (χ0) is 13.1. The molecule has 0 bridgehead atoms. The molecule has 94 valence electrons. The molecule has 0 spiro atoms. The van der Waals surface area contributed by atoms with Crippen molar-refractivity contribution in [2.75, 3.05) is 6.61 Å². The van der Waals surface area contributed by atoms with Gasteiger partial charge < -0.3 is 4.74 Å². The summed E-state index contributed by atoms with van der Waals surface area (Å²) in [5, 5.41) is 9.77. The van der Waals surface area contributed by atoms with Crippen molar-refractivity contribution in [3.05, 3.63) is 34.2 Å². The smallest absolute Gasteiger partial charge is 0.361 e. The van der Waals surface area contributed by atoms with Crippen LogP contribution < -0.4 is 0 Å². The van der Waals surface area contributed by atoms with E-state index in [4.69, 9.17) is 4.74 Å². The molecular formula is C11H9BrFN3O2. The van der Waals surface area contributed by atoms with Crippen molar-refractivity contribution in [1.82, 2.24) is 15.4 Å². The van der Waals surface area contributed by atoms with Crippen molar-refractivity contribution in [3.63, 3.8) is 0 Å². The minimum absolute atomic E-state index is 0.0296. The van der Waals surface area contributed by atoms with E-state index in [1.807, 2.05) is 0 Å². The van der Waals surface area contributed by atoms with Crippen molar-refractivity contribution < 1.29 is 13.9 Å². The fourth-order valence-electron chi connectivity index (χ4n) is 1.44. The largest absolute Gasteiger partial charge is 0.461 e. The van der Waals surface area contributed by atoms with Crippen LogP contribution in [0.15, 0.2) is 22.7 Å². The zero-order valence-electron chi connectivity index (χ0n) is 9.41. The summed E-state index contributed by atoms with van der Waals surface area (Å²) in [4.78, 5) is 11.6. The minimum atomic E-state index is -0.636. The fourth-order valence-corrected chi connectivity index (χ4v) is 1.78. The second-order valence-electron chi connectivity index (χ2n) is 3.37. The van der Waals surface area contributed by atoms with E-state index in [1.54, 1.807) is 13.0 Å². The third-order valence-electron chi connectivity index (χ3n) is 2.20. The molecule has 2 rings (SSSR count). The number of rotatable bonds is 3. The number of benzene rings is 1. The topological polar surface area (TPSA) is 67.9 Å². The van der Waals surface area contributed by atoms with Crippen LogP contribution in [0.3, 0.4) is 0 Å². The van der Waals surface area contributed by atoms with Crippen molar-refractivity contribution >= 4 is 21.9 Å². The van der Waals surface area contributed by atoms with Crippen LogP contribution in [0.1, 0.15) is 17.4 Å². The summed E-state index contributed by atoms with van der Waals surface area (Å²) in [5.41, 5.74) is 0.298. The Morgan fingerprint density at radius 1 is 1.50 bits per heavy atom. The Kier molecular flexibility index (Phi) is 3.71. The molecule has 0 atom stereocenters. The molecule has 1 heterocycles. The molecule has 0 aliphatic carbocycles. The first-order valence-corrected chi connectivity index (χ1v) is 5.96. The maximum absolute atomic E-state index is 13.8. The molecule has 5 nitrogen and oxygen atoms in total. The maximum Gasteiger partial charge on any atom is 0.361 e. The van der Waals surface area contributed by atoms with Gasteiger partial charge in [0.1, 0.15) is 11.5 Å². The van der Waals surface area contributed by atoms with Crippen LogP contribution in [0.4, 0.5) is 4.39 Å². The van der Waals surface area contributed by atoms with Crippen molar-refractivity contribution in [3.8, 4) is 11.3 Å². The molecule has 1 aromatic carbocycles.